The number of aliphatic hydroxyl groups is 1. The van der Waals surface area contributed by atoms with E-state index in [9.17, 15) is 9.90 Å². The summed E-state index contributed by atoms with van der Waals surface area (Å²) in [7, 11) is 0. The van der Waals surface area contributed by atoms with Crippen LogP contribution in [-0.4, -0.2) is 21.8 Å². The van der Waals surface area contributed by atoms with Crippen molar-refractivity contribution in [3.05, 3.63) is 0 Å². The summed E-state index contributed by atoms with van der Waals surface area (Å²) in [6.07, 6.45) is 4.11. The van der Waals surface area contributed by atoms with Crippen LogP contribution in [0.4, 0.5) is 0 Å². The van der Waals surface area contributed by atoms with Crippen molar-refractivity contribution in [3.63, 3.8) is 0 Å². The molecule has 16 heavy (non-hydrogen) atoms. The van der Waals surface area contributed by atoms with Gasteiger partial charge in [0.25, 0.3) is 0 Å². The summed E-state index contributed by atoms with van der Waals surface area (Å²) in [5.74, 6) is 0.250. The second-order valence-electron chi connectivity index (χ2n) is 5.44. The Hall–Kier alpha value is -0.570. The van der Waals surface area contributed by atoms with Crippen LogP contribution in [0.2, 0.25) is 0 Å². The average Bonchev–Trinajstić information content (AvgIpc) is 2.27. The molecule has 1 atom stereocenters. The van der Waals surface area contributed by atoms with Crippen LogP contribution in [0.3, 0.4) is 0 Å². The zero-order chi connectivity index (χ0) is 12.3. The van der Waals surface area contributed by atoms with Crippen LogP contribution < -0.4 is 0 Å². The van der Waals surface area contributed by atoms with Crippen molar-refractivity contribution in [1.29, 1.82) is 0 Å². The van der Waals surface area contributed by atoms with E-state index in [1.807, 2.05) is 0 Å². The monoisotopic (exact) mass is 228 g/mol. The maximum atomic E-state index is 11.1. The molecule has 0 amide bonds. The van der Waals surface area contributed by atoms with Crippen molar-refractivity contribution in [3.8, 4) is 0 Å². The number of hydrogen-bond donors (Lipinski definition) is 2. The predicted octanol–water partition coefficient (Wildman–Crippen LogP) is 2.67. The molecule has 3 heteroatoms. The highest BCUT2D eigenvalue weighted by atomic mass is 16.4. The standard InChI is InChI=1S/C13H24O3/c1-4-13(16,12(14)15)11-7-5-10(6-8-11)9(2)3/h9-11,16H,4-8H2,1-3H3,(H,14,15). The van der Waals surface area contributed by atoms with Gasteiger partial charge in [-0.05, 0) is 49.9 Å². The Morgan fingerprint density at radius 2 is 1.81 bits per heavy atom. The van der Waals surface area contributed by atoms with Gasteiger partial charge in [-0.15, -0.1) is 0 Å². The molecule has 2 N–H and O–H groups in total. The number of carboxylic acid groups (broad SMARTS) is 1. The van der Waals surface area contributed by atoms with Gasteiger partial charge in [-0.3, -0.25) is 0 Å². The number of rotatable bonds is 4. The van der Waals surface area contributed by atoms with Crippen LogP contribution in [0.5, 0.6) is 0 Å². The molecule has 1 aliphatic carbocycles. The van der Waals surface area contributed by atoms with Crippen LogP contribution in [0.15, 0.2) is 0 Å². The molecule has 0 heterocycles. The molecule has 1 saturated carbocycles. The van der Waals surface area contributed by atoms with Gasteiger partial charge in [-0.25, -0.2) is 4.79 Å². The second kappa shape index (κ2) is 5.17. The molecule has 0 aromatic carbocycles. The van der Waals surface area contributed by atoms with Crippen LogP contribution in [0.25, 0.3) is 0 Å². The normalized spacial score (nSPS) is 30.1. The number of carboxylic acids is 1. The van der Waals surface area contributed by atoms with Gasteiger partial charge in [-0.2, -0.15) is 0 Å². The van der Waals surface area contributed by atoms with Gasteiger partial charge in [-0.1, -0.05) is 20.8 Å². The van der Waals surface area contributed by atoms with E-state index in [0.29, 0.717) is 18.3 Å². The summed E-state index contributed by atoms with van der Waals surface area (Å²) in [4.78, 5) is 11.1. The molecule has 0 aromatic rings. The fraction of sp³-hybridized carbons (Fsp3) is 0.923. The van der Waals surface area contributed by atoms with Crippen LogP contribution >= 0.6 is 0 Å². The van der Waals surface area contributed by atoms with Crippen LogP contribution in [0.1, 0.15) is 52.9 Å². The molecule has 1 fully saturated rings. The van der Waals surface area contributed by atoms with Crippen LogP contribution in [-0.2, 0) is 4.79 Å². The highest BCUT2D eigenvalue weighted by Gasteiger charge is 2.43. The zero-order valence-electron chi connectivity index (χ0n) is 10.6. The van der Waals surface area contributed by atoms with Gasteiger partial charge in [0, 0.05) is 0 Å². The fourth-order valence-corrected chi connectivity index (χ4v) is 2.88. The molecule has 1 aliphatic rings. The first-order valence-electron chi connectivity index (χ1n) is 6.37. The maximum Gasteiger partial charge on any atom is 0.335 e. The van der Waals surface area contributed by atoms with Gasteiger partial charge in [0.05, 0.1) is 0 Å². The Balaban J connectivity index is 2.62. The third-order valence-electron chi connectivity index (χ3n) is 4.30. The quantitative estimate of drug-likeness (QED) is 0.777. The summed E-state index contributed by atoms with van der Waals surface area (Å²) in [5.41, 5.74) is -1.50. The van der Waals surface area contributed by atoms with Crippen molar-refractivity contribution in [2.45, 2.75) is 58.5 Å². The van der Waals surface area contributed by atoms with E-state index < -0.39 is 11.6 Å². The third-order valence-corrected chi connectivity index (χ3v) is 4.30. The first-order chi connectivity index (χ1) is 7.41. The molecular formula is C13H24O3. The zero-order valence-corrected chi connectivity index (χ0v) is 10.6. The lowest BCUT2D eigenvalue weighted by Crippen LogP contribution is -2.46. The highest BCUT2D eigenvalue weighted by Crippen LogP contribution is 2.39. The number of hydrogen-bond acceptors (Lipinski definition) is 2. The number of aliphatic carboxylic acids is 1. The largest absolute Gasteiger partial charge is 0.479 e. The van der Waals surface area contributed by atoms with E-state index in [-0.39, 0.29) is 5.92 Å². The fourth-order valence-electron chi connectivity index (χ4n) is 2.88. The average molecular weight is 228 g/mol. The molecule has 1 unspecified atom stereocenters. The lowest BCUT2D eigenvalue weighted by Gasteiger charge is -2.38. The van der Waals surface area contributed by atoms with Crippen molar-refractivity contribution in [2.75, 3.05) is 0 Å². The lowest BCUT2D eigenvalue weighted by molar-refractivity contribution is -0.167. The first kappa shape index (κ1) is 13.5. The van der Waals surface area contributed by atoms with Crippen LogP contribution in [0, 0.1) is 17.8 Å². The molecule has 0 saturated heterocycles. The minimum absolute atomic E-state index is 0.0648. The van der Waals surface area contributed by atoms with Crippen molar-refractivity contribution >= 4 is 5.97 Å². The molecule has 0 aromatic heterocycles. The molecular weight excluding hydrogens is 204 g/mol. The van der Waals surface area contributed by atoms with Gasteiger partial charge >= 0.3 is 5.97 Å². The van der Waals surface area contributed by atoms with Gasteiger partial charge < -0.3 is 10.2 Å². The Morgan fingerprint density at radius 1 is 1.31 bits per heavy atom. The minimum atomic E-state index is -1.50. The third kappa shape index (κ3) is 2.57. The summed E-state index contributed by atoms with van der Waals surface area (Å²) in [6, 6.07) is 0. The van der Waals surface area contributed by atoms with E-state index in [0.717, 1.165) is 25.7 Å². The number of carbonyl (C=O) groups is 1. The maximum absolute atomic E-state index is 11.1. The van der Waals surface area contributed by atoms with Gasteiger partial charge in [0.1, 0.15) is 0 Å². The molecule has 3 nitrogen and oxygen atoms in total. The summed E-state index contributed by atoms with van der Waals surface area (Å²) >= 11 is 0. The molecule has 0 spiro atoms. The summed E-state index contributed by atoms with van der Waals surface area (Å²) in [5, 5.41) is 19.3. The molecule has 1 rings (SSSR count). The molecule has 0 radical (unpaired) electrons. The molecule has 0 aliphatic heterocycles. The topological polar surface area (TPSA) is 57.5 Å². The van der Waals surface area contributed by atoms with E-state index >= 15 is 0 Å². The van der Waals surface area contributed by atoms with Gasteiger partial charge in [0.2, 0.25) is 0 Å². The predicted molar refractivity (Wildman–Crippen MR) is 63.2 cm³/mol. The minimum Gasteiger partial charge on any atom is -0.479 e. The van der Waals surface area contributed by atoms with Gasteiger partial charge in [0.15, 0.2) is 5.60 Å². The smallest absolute Gasteiger partial charge is 0.335 e. The molecule has 0 bridgehead atoms. The summed E-state index contributed by atoms with van der Waals surface area (Å²) in [6.45, 7) is 6.19. The Kier molecular flexibility index (Phi) is 4.36. The Bertz CT molecular complexity index is 242. The van der Waals surface area contributed by atoms with E-state index in [4.69, 9.17) is 5.11 Å². The molecule has 94 valence electrons. The van der Waals surface area contributed by atoms with E-state index in [2.05, 4.69) is 13.8 Å². The Morgan fingerprint density at radius 3 is 2.12 bits per heavy atom. The van der Waals surface area contributed by atoms with Crippen molar-refractivity contribution in [1.82, 2.24) is 0 Å². The SMILES string of the molecule is CCC(O)(C(=O)O)C1CCC(C(C)C)CC1. The van der Waals surface area contributed by atoms with E-state index in [1.165, 1.54) is 0 Å². The van der Waals surface area contributed by atoms with E-state index in [1.54, 1.807) is 6.92 Å². The van der Waals surface area contributed by atoms with Crippen molar-refractivity contribution in [2.24, 2.45) is 17.8 Å². The lowest BCUT2D eigenvalue weighted by atomic mass is 9.70. The second-order valence-corrected chi connectivity index (χ2v) is 5.44. The van der Waals surface area contributed by atoms with Crippen molar-refractivity contribution < 1.29 is 15.0 Å². The summed E-state index contributed by atoms with van der Waals surface area (Å²) < 4.78 is 0. The highest BCUT2D eigenvalue weighted by molar-refractivity contribution is 5.77. The first-order valence-corrected chi connectivity index (χ1v) is 6.37. The Labute approximate surface area is 97.9 Å².